The normalized spacial score (nSPS) is 9.75. The van der Waals surface area contributed by atoms with Gasteiger partial charge in [-0.25, -0.2) is 0 Å². The van der Waals surface area contributed by atoms with Crippen LogP contribution in [-0.2, 0) is 5.75 Å². The summed E-state index contributed by atoms with van der Waals surface area (Å²) in [6.45, 7) is 0. The molecule has 5 heteroatoms. The molecule has 2 aromatic rings. The fraction of sp³-hybridized carbons (Fsp3) is 0.0909. The van der Waals surface area contributed by atoms with E-state index in [2.05, 4.69) is 11.1 Å². The van der Waals surface area contributed by atoms with Gasteiger partial charge in [0.2, 0.25) is 0 Å². The van der Waals surface area contributed by atoms with E-state index in [1.54, 1.807) is 6.20 Å². The standard InChI is InChI=1S/C11H11N3S.BrH/c12-11(13)15-7-8-3-4-10-9(6-8)2-1-5-14-10;/h1-6H,7H2,(H3,12,13);1H. The van der Waals surface area contributed by atoms with Crippen molar-refractivity contribution in [3.8, 4) is 0 Å². The third-order valence-corrected chi connectivity index (χ3v) is 2.85. The first-order valence-corrected chi connectivity index (χ1v) is 5.55. The molecule has 16 heavy (non-hydrogen) atoms. The van der Waals surface area contributed by atoms with E-state index in [1.807, 2.05) is 24.3 Å². The minimum atomic E-state index is 0. The molecule has 0 aliphatic heterocycles. The van der Waals surface area contributed by atoms with Crippen molar-refractivity contribution in [2.45, 2.75) is 5.75 Å². The molecule has 0 radical (unpaired) electrons. The van der Waals surface area contributed by atoms with Crippen molar-refractivity contribution in [2.24, 2.45) is 5.73 Å². The number of hydrogen-bond donors (Lipinski definition) is 2. The van der Waals surface area contributed by atoms with E-state index in [1.165, 1.54) is 11.8 Å². The summed E-state index contributed by atoms with van der Waals surface area (Å²) in [5, 5.41) is 8.41. The second kappa shape index (κ2) is 5.86. The van der Waals surface area contributed by atoms with Crippen LogP contribution in [-0.4, -0.2) is 10.2 Å². The van der Waals surface area contributed by atoms with Crippen molar-refractivity contribution >= 4 is 44.8 Å². The molecule has 0 spiro atoms. The number of nitrogens with one attached hydrogen (secondary N) is 1. The van der Waals surface area contributed by atoms with Crippen LogP contribution in [0, 0.1) is 5.41 Å². The Labute approximate surface area is 109 Å². The van der Waals surface area contributed by atoms with Crippen LogP contribution in [0.1, 0.15) is 5.56 Å². The van der Waals surface area contributed by atoms with E-state index in [4.69, 9.17) is 11.1 Å². The maximum absolute atomic E-state index is 7.13. The molecule has 0 aliphatic rings. The Balaban J connectivity index is 0.00000128. The summed E-state index contributed by atoms with van der Waals surface area (Å²) in [6, 6.07) is 10.0. The van der Waals surface area contributed by atoms with Crippen LogP contribution in [0.15, 0.2) is 36.5 Å². The van der Waals surface area contributed by atoms with E-state index in [0.29, 0.717) is 0 Å². The first-order valence-electron chi connectivity index (χ1n) is 4.56. The second-order valence-electron chi connectivity index (χ2n) is 3.18. The summed E-state index contributed by atoms with van der Waals surface area (Å²) in [5.41, 5.74) is 7.44. The number of fused-ring (bicyclic) bond motifs is 1. The summed E-state index contributed by atoms with van der Waals surface area (Å²) in [5.74, 6) is 0.736. The van der Waals surface area contributed by atoms with Crippen molar-refractivity contribution in [1.82, 2.24) is 4.98 Å². The van der Waals surface area contributed by atoms with Crippen LogP contribution in [0.3, 0.4) is 0 Å². The Kier molecular flexibility index (Phi) is 4.76. The quantitative estimate of drug-likeness (QED) is 0.662. The third kappa shape index (κ3) is 3.21. The molecular weight excluding hydrogens is 286 g/mol. The Morgan fingerprint density at radius 1 is 1.38 bits per heavy atom. The monoisotopic (exact) mass is 297 g/mol. The highest BCUT2D eigenvalue weighted by atomic mass is 79.9. The van der Waals surface area contributed by atoms with Gasteiger partial charge in [0, 0.05) is 17.3 Å². The Hall–Kier alpha value is -1.07. The minimum absolute atomic E-state index is 0. The topological polar surface area (TPSA) is 62.8 Å². The van der Waals surface area contributed by atoms with E-state index in [9.17, 15) is 0 Å². The van der Waals surface area contributed by atoms with Crippen molar-refractivity contribution in [2.75, 3.05) is 0 Å². The number of pyridine rings is 1. The van der Waals surface area contributed by atoms with Gasteiger partial charge in [-0.1, -0.05) is 23.9 Å². The molecule has 84 valence electrons. The Morgan fingerprint density at radius 2 is 2.19 bits per heavy atom. The predicted octanol–water partition coefficient (Wildman–Crippen LogP) is 2.94. The van der Waals surface area contributed by atoms with Crippen LogP contribution in [0.5, 0.6) is 0 Å². The lowest BCUT2D eigenvalue weighted by atomic mass is 10.1. The molecule has 2 rings (SSSR count). The van der Waals surface area contributed by atoms with Crippen molar-refractivity contribution in [1.29, 1.82) is 5.41 Å². The van der Waals surface area contributed by atoms with Gasteiger partial charge in [0.05, 0.1) is 5.52 Å². The lowest BCUT2D eigenvalue weighted by molar-refractivity contribution is 1.38. The zero-order chi connectivity index (χ0) is 10.7. The summed E-state index contributed by atoms with van der Waals surface area (Å²) in [6.07, 6.45) is 1.78. The van der Waals surface area contributed by atoms with E-state index in [0.717, 1.165) is 22.2 Å². The number of nitrogens with zero attached hydrogens (tertiary/aromatic N) is 1. The van der Waals surface area contributed by atoms with Gasteiger partial charge in [-0.2, -0.15) is 0 Å². The van der Waals surface area contributed by atoms with Crippen molar-refractivity contribution < 1.29 is 0 Å². The molecule has 0 unspecified atom stereocenters. The largest absolute Gasteiger partial charge is 0.379 e. The Morgan fingerprint density at radius 3 is 2.94 bits per heavy atom. The predicted molar refractivity (Wildman–Crippen MR) is 75.3 cm³/mol. The summed E-state index contributed by atoms with van der Waals surface area (Å²) in [4.78, 5) is 4.24. The van der Waals surface area contributed by atoms with Crippen molar-refractivity contribution in [3.63, 3.8) is 0 Å². The molecule has 0 aliphatic carbocycles. The molecule has 1 aromatic carbocycles. The lowest BCUT2D eigenvalue weighted by Gasteiger charge is -2.02. The van der Waals surface area contributed by atoms with Crippen molar-refractivity contribution in [3.05, 3.63) is 42.1 Å². The van der Waals surface area contributed by atoms with Gasteiger partial charge in [0.15, 0.2) is 5.17 Å². The fourth-order valence-electron chi connectivity index (χ4n) is 1.38. The number of aromatic nitrogens is 1. The number of halogens is 1. The fourth-order valence-corrected chi connectivity index (χ4v) is 1.88. The SMILES string of the molecule is Br.N=C(N)SCc1ccc2ncccc2c1. The zero-order valence-corrected chi connectivity index (χ0v) is 11.0. The number of thioether (sulfide) groups is 1. The van der Waals surface area contributed by atoms with Crippen LogP contribution in [0.2, 0.25) is 0 Å². The van der Waals surface area contributed by atoms with E-state index < -0.39 is 0 Å². The Bertz CT molecular complexity index is 501. The van der Waals surface area contributed by atoms with Gasteiger partial charge in [-0.05, 0) is 23.8 Å². The average molecular weight is 298 g/mol. The third-order valence-electron chi connectivity index (χ3n) is 2.06. The first-order chi connectivity index (χ1) is 7.25. The maximum Gasteiger partial charge on any atom is 0.151 e. The highest BCUT2D eigenvalue weighted by Crippen LogP contribution is 2.17. The average Bonchev–Trinajstić information content (AvgIpc) is 2.26. The number of amidine groups is 1. The van der Waals surface area contributed by atoms with Crippen LogP contribution in [0.4, 0.5) is 0 Å². The first kappa shape index (κ1) is 13.0. The lowest BCUT2D eigenvalue weighted by Crippen LogP contribution is -2.03. The molecule has 0 saturated heterocycles. The van der Waals surface area contributed by atoms with Gasteiger partial charge in [0.1, 0.15) is 0 Å². The number of nitrogens with two attached hydrogens (primary N) is 1. The maximum atomic E-state index is 7.13. The second-order valence-corrected chi connectivity index (χ2v) is 4.20. The number of hydrogen-bond acceptors (Lipinski definition) is 3. The molecule has 1 aromatic heterocycles. The molecule has 0 fully saturated rings. The summed E-state index contributed by atoms with van der Waals surface area (Å²) >= 11 is 1.33. The van der Waals surface area contributed by atoms with Crippen LogP contribution in [0.25, 0.3) is 10.9 Å². The molecule has 0 saturated carbocycles. The van der Waals surface area contributed by atoms with Gasteiger partial charge in [0.25, 0.3) is 0 Å². The molecule has 0 amide bonds. The summed E-state index contributed by atoms with van der Waals surface area (Å²) < 4.78 is 0. The number of rotatable bonds is 2. The number of benzene rings is 1. The molecule has 0 atom stereocenters. The molecule has 3 N–H and O–H groups in total. The van der Waals surface area contributed by atoms with Crippen LogP contribution >= 0.6 is 28.7 Å². The molecule has 1 heterocycles. The minimum Gasteiger partial charge on any atom is -0.379 e. The smallest absolute Gasteiger partial charge is 0.151 e. The zero-order valence-electron chi connectivity index (χ0n) is 8.51. The van der Waals surface area contributed by atoms with E-state index in [-0.39, 0.29) is 22.1 Å². The van der Waals surface area contributed by atoms with Gasteiger partial charge >= 0.3 is 0 Å². The highest BCUT2D eigenvalue weighted by Gasteiger charge is 1.98. The molecule has 0 bridgehead atoms. The highest BCUT2D eigenvalue weighted by molar-refractivity contribution is 8.93. The van der Waals surface area contributed by atoms with Gasteiger partial charge in [-0.3, -0.25) is 10.4 Å². The van der Waals surface area contributed by atoms with Crippen LogP contribution < -0.4 is 5.73 Å². The van der Waals surface area contributed by atoms with Gasteiger partial charge in [-0.15, -0.1) is 17.0 Å². The van der Waals surface area contributed by atoms with E-state index >= 15 is 0 Å². The molecular formula is C11H12BrN3S. The summed E-state index contributed by atoms with van der Waals surface area (Å²) in [7, 11) is 0. The molecule has 3 nitrogen and oxygen atoms in total. The van der Waals surface area contributed by atoms with Gasteiger partial charge < -0.3 is 5.73 Å².